The Hall–Kier alpha value is -4.70. The standard InChI is InChI=1S/C58H74Cl4N8O12S2/c1-69-36-51(49-32-43(59)34-55(61)53(49)38-69)41-5-13-47(14-6-41)83(73,74)66-18-22-79-26-30-81-28-24-77-20-3-4-57(71)65-40-64-45-9-11-46(12-10-45)68-58(72)63-17-21-78-25-29-82-31-27-80-23-19-67-84(75,76)48-15-7-42(8-16-48)52-37-70(2)39-54-50(52)33-44(60)35-56(54)62/h5-16,32-35,51-52,64,66-67H,3-4,17-31,36-40H2,1-2H3,(H,65,71)(H2,63,68,72). The average molecular weight is 1280 g/mol. The number of amides is 3. The number of hydrogen-bond acceptors (Lipinski definition) is 15. The molecule has 0 aromatic heterocycles. The number of ether oxygens (including phenoxy) is 6. The fraction of sp³-hybridized carbons (Fsp3) is 0.448. The molecule has 3 amide bonds. The third-order valence-corrected chi connectivity index (χ3v) is 17.7. The summed E-state index contributed by atoms with van der Waals surface area (Å²) in [5.41, 5.74) is 7.44. The first-order valence-corrected chi connectivity index (χ1v) is 32.1. The molecule has 2 aliphatic rings. The lowest BCUT2D eigenvalue weighted by Crippen LogP contribution is -2.31. The van der Waals surface area contributed by atoms with Gasteiger partial charge in [0.1, 0.15) is 0 Å². The van der Waals surface area contributed by atoms with Gasteiger partial charge in [-0.3, -0.25) is 4.79 Å². The summed E-state index contributed by atoms with van der Waals surface area (Å²) in [7, 11) is -3.43. The number of halogens is 4. The summed E-state index contributed by atoms with van der Waals surface area (Å²) in [5.74, 6) is -0.124. The zero-order chi connectivity index (χ0) is 59.9. The summed E-state index contributed by atoms with van der Waals surface area (Å²) in [5, 5.41) is 13.8. The number of nitrogens with zero attached hydrogens (tertiary/aromatic N) is 2. The smallest absolute Gasteiger partial charge is 0.319 e. The first-order valence-electron chi connectivity index (χ1n) is 27.6. The molecule has 458 valence electrons. The zero-order valence-corrected chi connectivity index (χ0v) is 51.7. The van der Waals surface area contributed by atoms with Crippen LogP contribution in [-0.4, -0.2) is 171 Å². The number of likely N-dealkylation sites (N-methyl/N-ethyl adjacent to an activating group) is 2. The van der Waals surface area contributed by atoms with E-state index in [0.717, 1.165) is 52.2 Å². The van der Waals surface area contributed by atoms with Crippen LogP contribution in [0.5, 0.6) is 0 Å². The van der Waals surface area contributed by atoms with Crippen molar-refractivity contribution >= 4 is 89.8 Å². The number of sulfonamides is 2. The molecule has 0 radical (unpaired) electrons. The minimum atomic E-state index is -3.74. The van der Waals surface area contributed by atoms with Crippen molar-refractivity contribution in [3.8, 4) is 0 Å². The quantitative estimate of drug-likeness (QED) is 0.0167. The molecule has 0 bridgehead atoms. The molecule has 84 heavy (non-hydrogen) atoms. The topological polar surface area (TPSA) is 236 Å². The lowest BCUT2D eigenvalue weighted by atomic mass is 9.85. The van der Waals surface area contributed by atoms with Crippen LogP contribution in [0.4, 0.5) is 16.2 Å². The number of carbonyl (C=O) groups is 2. The number of hydrogen-bond donors (Lipinski definition) is 6. The molecule has 5 aromatic rings. The van der Waals surface area contributed by atoms with Crippen LogP contribution >= 0.6 is 46.4 Å². The van der Waals surface area contributed by atoms with E-state index in [1.807, 2.05) is 50.5 Å². The first-order chi connectivity index (χ1) is 40.5. The van der Waals surface area contributed by atoms with E-state index in [1.165, 1.54) is 0 Å². The zero-order valence-electron chi connectivity index (χ0n) is 47.1. The van der Waals surface area contributed by atoms with Crippen molar-refractivity contribution in [2.45, 2.75) is 47.6 Å². The van der Waals surface area contributed by atoms with Gasteiger partial charge in [0.15, 0.2) is 0 Å². The Morgan fingerprint density at radius 2 is 0.917 bits per heavy atom. The summed E-state index contributed by atoms with van der Waals surface area (Å²) in [4.78, 5) is 29.4. The largest absolute Gasteiger partial charge is 0.379 e. The Bertz CT molecular complexity index is 3140. The summed E-state index contributed by atoms with van der Waals surface area (Å²) >= 11 is 25.7. The van der Waals surface area contributed by atoms with Crippen LogP contribution in [0, 0.1) is 0 Å². The average Bonchev–Trinajstić information content (AvgIpc) is 3.67. The van der Waals surface area contributed by atoms with E-state index in [2.05, 4.69) is 40.5 Å². The van der Waals surface area contributed by atoms with Crippen molar-refractivity contribution in [1.82, 2.24) is 29.9 Å². The van der Waals surface area contributed by atoms with Gasteiger partial charge < -0.3 is 59.5 Å². The predicted molar refractivity (Wildman–Crippen MR) is 327 cm³/mol. The van der Waals surface area contributed by atoms with Crippen molar-refractivity contribution in [3.05, 3.63) is 151 Å². The van der Waals surface area contributed by atoms with Crippen molar-refractivity contribution < 1.29 is 54.8 Å². The van der Waals surface area contributed by atoms with E-state index in [9.17, 15) is 26.4 Å². The molecule has 20 nitrogen and oxygen atoms in total. The lowest BCUT2D eigenvalue weighted by molar-refractivity contribution is -0.121. The van der Waals surface area contributed by atoms with Gasteiger partial charge in [-0.15, -0.1) is 0 Å². The highest BCUT2D eigenvalue weighted by Gasteiger charge is 2.29. The summed E-state index contributed by atoms with van der Waals surface area (Å²) < 4.78 is 90.1. The minimum absolute atomic E-state index is 0.00227. The number of fused-ring (bicyclic) bond motifs is 2. The van der Waals surface area contributed by atoms with Gasteiger partial charge in [-0.1, -0.05) is 70.7 Å². The van der Waals surface area contributed by atoms with E-state index in [4.69, 9.17) is 74.8 Å². The highest BCUT2D eigenvalue weighted by Crippen LogP contribution is 2.40. The highest BCUT2D eigenvalue weighted by atomic mass is 35.5. The molecular formula is C58H74Cl4N8O12S2. The fourth-order valence-corrected chi connectivity index (χ4v) is 12.7. The van der Waals surface area contributed by atoms with E-state index >= 15 is 0 Å². The van der Waals surface area contributed by atoms with E-state index in [-0.39, 0.29) is 99.3 Å². The monoisotopic (exact) mass is 1280 g/mol. The SMILES string of the molecule is CN1Cc2c(Cl)cc(Cl)cc2C(c2ccc(S(=O)(=O)NCCOCCOCCOCCCC(=O)NCNc3ccc(NC(=O)NCCOCCOCCOCCNS(=O)(=O)c4ccc(C5CN(C)Cc6c(Cl)cc(Cl)cc65)cc4)cc3)cc2)C1. The molecule has 0 aliphatic carbocycles. The molecule has 7 rings (SSSR count). The second kappa shape index (κ2) is 34.0. The molecule has 0 saturated carbocycles. The summed E-state index contributed by atoms with van der Waals surface area (Å²) in [6.45, 7) is 7.18. The maximum absolute atomic E-state index is 12.9. The lowest BCUT2D eigenvalue weighted by Gasteiger charge is -2.33. The van der Waals surface area contributed by atoms with Gasteiger partial charge in [-0.2, -0.15) is 0 Å². The normalized spacial score (nSPS) is 15.5. The number of rotatable bonds is 35. The highest BCUT2D eigenvalue weighted by molar-refractivity contribution is 7.89. The van der Waals surface area contributed by atoms with Crippen LogP contribution in [0.1, 0.15) is 58.1 Å². The molecule has 26 heteroatoms. The van der Waals surface area contributed by atoms with Gasteiger partial charge in [0.05, 0.1) is 89.1 Å². The van der Waals surface area contributed by atoms with E-state index in [1.54, 1.807) is 60.7 Å². The summed E-state index contributed by atoms with van der Waals surface area (Å²) in [6.07, 6.45) is 0.824. The predicted octanol–water partition coefficient (Wildman–Crippen LogP) is 7.90. The molecule has 2 aliphatic heterocycles. The number of carbonyl (C=O) groups excluding carboxylic acids is 2. The van der Waals surface area contributed by atoms with Gasteiger partial charge in [-0.05, 0) is 127 Å². The fourth-order valence-electron chi connectivity index (χ4n) is 9.52. The molecule has 0 fully saturated rings. The number of benzene rings is 5. The summed E-state index contributed by atoms with van der Waals surface area (Å²) in [6, 6.07) is 27.8. The Morgan fingerprint density at radius 3 is 1.37 bits per heavy atom. The van der Waals surface area contributed by atoms with E-state index < -0.39 is 20.0 Å². The van der Waals surface area contributed by atoms with Gasteiger partial charge in [-0.25, -0.2) is 31.1 Å². The van der Waals surface area contributed by atoms with Gasteiger partial charge in [0.2, 0.25) is 26.0 Å². The first kappa shape index (κ1) is 66.8. The van der Waals surface area contributed by atoms with Crippen LogP contribution in [-0.2, 0) is 66.4 Å². The molecule has 0 spiro atoms. The van der Waals surface area contributed by atoms with Crippen molar-refractivity contribution in [3.63, 3.8) is 0 Å². The van der Waals surface area contributed by atoms with Crippen LogP contribution in [0.2, 0.25) is 20.1 Å². The number of anilines is 2. The third kappa shape index (κ3) is 21.3. The molecule has 0 saturated heterocycles. The number of urea groups is 1. The van der Waals surface area contributed by atoms with Crippen molar-refractivity contribution in [1.29, 1.82) is 0 Å². The Labute approximate surface area is 512 Å². The Kier molecular flexibility index (Phi) is 27.0. The van der Waals surface area contributed by atoms with Crippen LogP contribution < -0.4 is 30.7 Å². The second-order valence-corrected chi connectivity index (χ2v) is 25.3. The molecule has 2 unspecified atom stereocenters. The minimum Gasteiger partial charge on any atom is -0.379 e. The maximum Gasteiger partial charge on any atom is 0.319 e. The van der Waals surface area contributed by atoms with Gasteiger partial charge in [0.25, 0.3) is 0 Å². The molecule has 5 aromatic carbocycles. The Balaban J connectivity index is 0.616. The van der Waals surface area contributed by atoms with E-state index in [0.29, 0.717) is 91.5 Å². The Morgan fingerprint density at radius 1 is 0.512 bits per heavy atom. The van der Waals surface area contributed by atoms with Crippen LogP contribution in [0.25, 0.3) is 0 Å². The molecule has 6 N–H and O–H groups in total. The molecular weight excluding hydrogens is 1210 g/mol. The molecule has 2 atom stereocenters. The van der Waals surface area contributed by atoms with Crippen molar-refractivity contribution in [2.75, 3.05) is 143 Å². The molecule has 2 heterocycles. The number of nitrogens with one attached hydrogen (secondary N) is 6. The maximum atomic E-state index is 12.9. The van der Waals surface area contributed by atoms with Gasteiger partial charge >= 0.3 is 6.03 Å². The van der Waals surface area contributed by atoms with Crippen molar-refractivity contribution in [2.24, 2.45) is 0 Å². The van der Waals surface area contributed by atoms with Crippen LogP contribution in [0.3, 0.4) is 0 Å². The van der Waals surface area contributed by atoms with Gasteiger partial charge in [0, 0.05) is 102 Å². The van der Waals surface area contributed by atoms with Crippen LogP contribution in [0.15, 0.2) is 107 Å². The second-order valence-electron chi connectivity index (χ2n) is 20.0. The third-order valence-electron chi connectivity index (χ3n) is 13.7.